The van der Waals surface area contributed by atoms with E-state index in [9.17, 15) is 0 Å². The third-order valence-corrected chi connectivity index (χ3v) is 3.34. The van der Waals surface area contributed by atoms with Crippen molar-refractivity contribution in [2.24, 2.45) is 0 Å². The summed E-state index contributed by atoms with van der Waals surface area (Å²) in [5.41, 5.74) is 2.54. The minimum Gasteiger partial charge on any atom is -0.198 e. The van der Waals surface area contributed by atoms with Crippen molar-refractivity contribution in [2.45, 2.75) is 32.6 Å². The summed E-state index contributed by atoms with van der Waals surface area (Å²) >= 11 is 3.37. The fourth-order valence-electron chi connectivity index (χ4n) is 1.41. The normalized spacial score (nSPS) is 10.6. The lowest BCUT2D eigenvalue weighted by molar-refractivity contribution is 0.589. The van der Waals surface area contributed by atoms with Gasteiger partial charge >= 0.3 is 0 Å². The Morgan fingerprint density at radius 1 is 1.25 bits per heavy atom. The highest BCUT2D eigenvalue weighted by Crippen LogP contribution is 2.30. The van der Waals surface area contributed by atoms with Crippen LogP contribution in [0.5, 0.6) is 0 Å². The maximum Gasteiger partial charge on any atom is 0.100 e. The molecule has 2 nitrogen and oxygen atoms in total. The van der Waals surface area contributed by atoms with E-state index in [4.69, 9.17) is 10.5 Å². The second-order valence-electron chi connectivity index (χ2n) is 4.69. The van der Waals surface area contributed by atoms with Gasteiger partial charge in [-0.3, -0.25) is 0 Å². The Hall–Kier alpha value is -1.32. The summed E-state index contributed by atoms with van der Waals surface area (Å²) in [6.45, 7) is 6.27. The summed E-state index contributed by atoms with van der Waals surface area (Å²) in [5.74, 6) is 0. The molecule has 0 fully saturated rings. The van der Waals surface area contributed by atoms with Crippen LogP contribution in [0.4, 0.5) is 0 Å². The zero-order chi connectivity index (χ0) is 12.3. The summed E-state index contributed by atoms with van der Waals surface area (Å²) in [7, 11) is 0. The lowest BCUT2D eigenvalue weighted by Gasteiger charge is -2.20. The Morgan fingerprint density at radius 2 is 1.88 bits per heavy atom. The van der Waals surface area contributed by atoms with Crippen LogP contribution in [0.15, 0.2) is 16.6 Å². The predicted octanol–water partition coefficient (Wildman–Crippen LogP) is 3.68. The van der Waals surface area contributed by atoms with Gasteiger partial charge < -0.3 is 0 Å². The first-order valence-electron chi connectivity index (χ1n) is 5.00. The van der Waals surface area contributed by atoms with E-state index in [1.54, 1.807) is 0 Å². The molecule has 1 aromatic carbocycles. The van der Waals surface area contributed by atoms with Crippen molar-refractivity contribution >= 4 is 15.9 Å². The molecule has 0 aromatic heterocycles. The number of rotatable bonds is 1. The third kappa shape index (κ3) is 2.62. The number of hydrogen-bond donors (Lipinski definition) is 0. The van der Waals surface area contributed by atoms with E-state index < -0.39 is 0 Å². The second kappa shape index (κ2) is 4.68. The molecule has 0 aliphatic carbocycles. The third-order valence-electron chi connectivity index (χ3n) is 2.40. The highest BCUT2D eigenvalue weighted by Gasteiger charge is 2.17. The maximum atomic E-state index is 9.04. The molecule has 0 aliphatic rings. The second-order valence-corrected chi connectivity index (χ2v) is 5.49. The first kappa shape index (κ1) is 12.7. The molecule has 0 saturated heterocycles. The minimum absolute atomic E-state index is 0.0174. The van der Waals surface area contributed by atoms with E-state index >= 15 is 0 Å². The van der Waals surface area contributed by atoms with Crippen molar-refractivity contribution in [1.82, 2.24) is 0 Å². The van der Waals surface area contributed by atoms with Gasteiger partial charge in [0.1, 0.15) is 6.07 Å². The molecule has 0 N–H and O–H groups in total. The smallest absolute Gasteiger partial charge is 0.100 e. The monoisotopic (exact) mass is 276 g/mol. The van der Waals surface area contributed by atoms with E-state index in [0.29, 0.717) is 12.0 Å². The van der Waals surface area contributed by atoms with Crippen LogP contribution in [0, 0.1) is 22.7 Å². The fourth-order valence-corrected chi connectivity index (χ4v) is 1.87. The maximum absolute atomic E-state index is 9.04. The quantitative estimate of drug-likeness (QED) is 0.786. The van der Waals surface area contributed by atoms with Gasteiger partial charge in [0.15, 0.2) is 0 Å². The molecular formula is C13H13BrN2. The molecule has 0 atom stereocenters. The van der Waals surface area contributed by atoms with Gasteiger partial charge in [0.05, 0.1) is 18.1 Å². The molecule has 0 radical (unpaired) electrons. The van der Waals surface area contributed by atoms with Gasteiger partial charge in [0, 0.05) is 4.47 Å². The van der Waals surface area contributed by atoms with Crippen molar-refractivity contribution in [3.05, 3.63) is 33.3 Å². The Balaban J connectivity index is 3.43. The standard InChI is InChI=1S/C13H13BrN2/c1-13(2,3)11-6-9(4-5-15)12(14)10(7-11)8-16/h6-7H,4H2,1-3H3. The van der Waals surface area contributed by atoms with Crippen LogP contribution in [0.2, 0.25) is 0 Å². The average Bonchev–Trinajstić information content (AvgIpc) is 2.19. The van der Waals surface area contributed by atoms with Crippen LogP contribution >= 0.6 is 15.9 Å². The molecule has 0 amide bonds. The number of hydrogen-bond acceptors (Lipinski definition) is 2. The first-order chi connectivity index (χ1) is 7.40. The molecule has 0 saturated carbocycles. The Morgan fingerprint density at radius 3 is 2.31 bits per heavy atom. The van der Waals surface area contributed by atoms with Crippen LogP contribution in [-0.4, -0.2) is 0 Å². The summed E-state index contributed by atoms with van der Waals surface area (Å²) < 4.78 is 0.740. The summed E-state index contributed by atoms with van der Waals surface area (Å²) in [4.78, 5) is 0. The van der Waals surface area contributed by atoms with Crippen LogP contribution in [0.25, 0.3) is 0 Å². The minimum atomic E-state index is -0.0174. The van der Waals surface area contributed by atoms with Gasteiger partial charge in [-0.15, -0.1) is 0 Å². The van der Waals surface area contributed by atoms with E-state index in [1.165, 1.54) is 0 Å². The van der Waals surface area contributed by atoms with E-state index in [2.05, 4.69) is 48.8 Å². The molecule has 0 aliphatic heterocycles. The van der Waals surface area contributed by atoms with Crippen molar-refractivity contribution in [1.29, 1.82) is 10.5 Å². The number of benzene rings is 1. The number of nitrogens with zero attached hydrogens (tertiary/aromatic N) is 2. The Kier molecular flexibility index (Phi) is 3.73. The van der Waals surface area contributed by atoms with Crippen LogP contribution in [0.1, 0.15) is 37.5 Å². The highest BCUT2D eigenvalue weighted by molar-refractivity contribution is 9.10. The Bertz CT molecular complexity index is 484. The van der Waals surface area contributed by atoms with Crippen molar-refractivity contribution in [2.75, 3.05) is 0 Å². The molecule has 0 spiro atoms. The summed E-state index contributed by atoms with van der Waals surface area (Å²) in [5, 5.41) is 17.8. The zero-order valence-electron chi connectivity index (χ0n) is 9.63. The zero-order valence-corrected chi connectivity index (χ0v) is 11.2. The van der Waals surface area contributed by atoms with E-state index in [-0.39, 0.29) is 5.41 Å². The fraction of sp³-hybridized carbons (Fsp3) is 0.385. The molecule has 1 rings (SSSR count). The van der Waals surface area contributed by atoms with Crippen molar-refractivity contribution < 1.29 is 0 Å². The predicted molar refractivity (Wildman–Crippen MR) is 66.9 cm³/mol. The number of halogens is 1. The molecule has 0 bridgehead atoms. The molecule has 82 valence electrons. The molecule has 0 unspecified atom stereocenters. The summed E-state index contributed by atoms with van der Waals surface area (Å²) in [6, 6.07) is 8.14. The molecule has 3 heteroatoms. The number of nitriles is 2. The van der Waals surface area contributed by atoms with E-state index in [0.717, 1.165) is 15.6 Å². The van der Waals surface area contributed by atoms with Gasteiger partial charge in [-0.25, -0.2) is 0 Å². The van der Waals surface area contributed by atoms with Crippen molar-refractivity contribution in [3.63, 3.8) is 0 Å². The van der Waals surface area contributed by atoms with E-state index in [1.807, 2.05) is 12.1 Å². The molecule has 1 aromatic rings. The van der Waals surface area contributed by atoms with Gasteiger partial charge in [0.25, 0.3) is 0 Å². The topological polar surface area (TPSA) is 47.6 Å². The summed E-state index contributed by atoms with van der Waals surface area (Å²) in [6.07, 6.45) is 0.319. The lowest BCUT2D eigenvalue weighted by Crippen LogP contribution is -2.12. The molecule has 16 heavy (non-hydrogen) atoms. The van der Waals surface area contributed by atoms with Gasteiger partial charge in [-0.2, -0.15) is 10.5 Å². The SMILES string of the molecule is CC(C)(C)c1cc(C#N)c(Br)c(CC#N)c1. The van der Waals surface area contributed by atoms with Crippen LogP contribution in [-0.2, 0) is 11.8 Å². The lowest BCUT2D eigenvalue weighted by atomic mass is 9.85. The molecule has 0 heterocycles. The van der Waals surface area contributed by atoms with Gasteiger partial charge in [0.2, 0.25) is 0 Å². The van der Waals surface area contributed by atoms with Crippen LogP contribution in [0.3, 0.4) is 0 Å². The van der Waals surface area contributed by atoms with Gasteiger partial charge in [-0.1, -0.05) is 26.8 Å². The Labute approximate surface area is 105 Å². The van der Waals surface area contributed by atoms with Crippen molar-refractivity contribution in [3.8, 4) is 12.1 Å². The first-order valence-corrected chi connectivity index (χ1v) is 5.79. The average molecular weight is 277 g/mol. The molecular weight excluding hydrogens is 264 g/mol. The van der Waals surface area contributed by atoms with Crippen LogP contribution < -0.4 is 0 Å². The van der Waals surface area contributed by atoms with Gasteiger partial charge in [-0.05, 0) is 38.5 Å². The largest absolute Gasteiger partial charge is 0.198 e. The highest BCUT2D eigenvalue weighted by atomic mass is 79.9.